The molecule has 2 aromatic heterocycles. The molecule has 1 saturated heterocycles. The van der Waals surface area contributed by atoms with Crippen molar-refractivity contribution in [2.24, 2.45) is 0 Å². The number of benzene rings is 2. The van der Waals surface area contributed by atoms with Crippen LogP contribution >= 0.6 is 0 Å². The van der Waals surface area contributed by atoms with Gasteiger partial charge in [0, 0.05) is 30.9 Å². The van der Waals surface area contributed by atoms with E-state index in [0.29, 0.717) is 31.5 Å². The van der Waals surface area contributed by atoms with Crippen LogP contribution in [0, 0.1) is 25.5 Å². The number of hydrogen-bond acceptors (Lipinski definition) is 7. The zero-order valence-corrected chi connectivity index (χ0v) is 22.6. The van der Waals surface area contributed by atoms with Crippen molar-refractivity contribution >= 4 is 33.1 Å². The van der Waals surface area contributed by atoms with Crippen LogP contribution in [0.1, 0.15) is 45.8 Å². The number of aryl methyl sites for hydroxylation is 1. The summed E-state index contributed by atoms with van der Waals surface area (Å²) in [6.45, 7) is 3.98. The van der Waals surface area contributed by atoms with E-state index < -0.39 is 15.8 Å². The van der Waals surface area contributed by atoms with Crippen molar-refractivity contribution in [1.82, 2.24) is 15.0 Å². The Morgan fingerprint density at radius 2 is 1.77 bits per heavy atom. The van der Waals surface area contributed by atoms with Gasteiger partial charge in [0.2, 0.25) is 0 Å². The molecule has 2 aromatic carbocycles. The lowest BCUT2D eigenvalue weighted by Crippen LogP contribution is -2.38. The Morgan fingerprint density at radius 3 is 2.45 bits per heavy atom. The third-order valence-corrected chi connectivity index (χ3v) is 8.41. The van der Waals surface area contributed by atoms with Crippen molar-refractivity contribution in [2.75, 3.05) is 23.1 Å². The molecular formula is C28H27F2N5O4S. The molecule has 40 heavy (non-hydrogen) atoms. The van der Waals surface area contributed by atoms with Gasteiger partial charge in [0.1, 0.15) is 17.9 Å². The standard InChI is InChI=1S/C28H27F2N5O4S/c1-17-4-3-5-23(25(17)30)32-26-18(2)27(40(37,38)34-24-12-15-39-33-24)31-16-22(26)28(36)35-13-10-20(11-14-35)19-6-8-21(29)9-7-19/h3-9,12,15-16,20H,10-11,13-14H2,1-2H3,(H,31,32)(H,33,34). The van der Waals surface area contributed by atoms with Crippen molar-refractivity contribution in [2.45, 2.75) is 37.6 Å². The molecule has 5 rings (SSSR count). The summed E-state index contributed by atoms with van der Waals surface area (Å²) in [5, 5.41) is 6.18. The highest BCUT2D eigenvalue weighted by Crippen LogP contribution is 2.34. The monoisotopic (exact) mass is 567 g/mol. The third kappa shape index (κ3) is 5.53. The molecule has 0 aliphatic carbocycles. The molecule has 0 atom stereocenters. The van der Waals surface area contributed by atoms with Crippen LogP contribution in [0.3, 0.4) is 0 Å². The first-order valence-corrected chi connectivity index (χ1v) is 14.1. The number of rotatable bonds is 7. The van der Waals surface area contributed by atoms with Crippen molar-refractivity contribution in [3.63, 3.8) is 0 Å². The molecule has 1 amide bonds. The van der Waals surface area contributed by atoms with Crippen LogP contribution in [0.25, 0.3) is 0 Å². The van der Waals surface area contributed by atoms with Crippen LogP contribution < -0.4 is 10.0 Å². The number of sulfonamides is 1. The van der Waals surface area contributed by atoms with Gasteiger partial charge in [-0.2, -0.15) is 8.42 Å². The molecule has 1 fully saturated rings. The van der Waals surface area contributed by atoms with E-state index in [1.165, 1.54) is 43.6 Å². The average Bonchev–Trinajstić information content (AvgIpc) is 3.44. The zero-order valence-electron chi connectivity index (χ0n) is 21.8. The van der Waals surface area contributed by atoms with Crippen LogP contribution in [-0.4, -0.2) is 42.5 Å². The van der Waals surface area contributed by atoms with Crippen molar-refractivity contribution in [3.8, 4) is 0 Å². The van der Waals surface area contributed by atoms with Gasteiger partial charge in [-0.25, -0.2) is 13.8 Å². The predicted molar refractivity (Wildman–Crippen MR) is 145 cm³/mol. The topological polar surface area (TPSA) is 117 Å². The van der Waals surface area contributed by atoms with E-state index in [1.807, 2.05) is 0 Å². The first kappa shape index (κ1) is 27.3. The van der Waals surface area contributed by atoms with Crippen molar-refractivity contribution in [1.29, 1.82) is 0 Å². The Bertz CT molecular complexity index is 1640. The summed E-state index contributed by atoms with van der Waals surface area (Å²) in [6.07, 6.45) is 3.75. The molecule has 4 aromatic rings. The number of aromatic nitrogens is 2. The largest absolute Gasteiger partial charge is 0.363 e. The minimum Gasteiger partial charge on any atom is -0.363 e. The number of pyridine rings is 1. The van der Waals surface area contributed by atoms with Gasteiger partial charge in [-0.15, -0.1) is 0 Å². The summed E-state index contributed by atoms with van der Waals surface area (Å²) >= 11 is 0. The van der Waals surface area contributed by atoms with Crippen LogP contribution in [0.15, 0.2) is 70.5 Å². The quantitative estimate of drug-likeness (QED) is 0.302. The number of hydrogen-bond donors (Lipinski definition) is 2. The third-order valence-electron chi connectivity index (χ3n) is 7.01. The van der Waals surface area contributed by atoms with Crippen LogP contribution in [0.5, 0.6) is 0 Å². The number of amides is 1. The lowest BCUT2D eigenvalue weighted by atomic mass is 9.89. The van der Waals surface area contributed by atoms with Crippen molar-refractivity contribution < 1.29 is 26.5 Å². The Labute approximate surface area is 230 Å². The highest BCUT2D eigenvalue weighted by molar-refractivity contribution is 7.92. The minimum absolute atomic E-state index is 0.0374. The first-order chi connectivity index (χ1) is 19.1. The number of anilines is 3. The zero-order chi connectivity index (χ0) is 28.4. The fourth-order valence-electron chi connectivity index (χ4n) is 4.84. The molecule has 0 unspecified atom stereocenters. The van der Waals surface area contributed by atoms with Gasteiger partial charge in [-0.1, -0.05) is 29.4 Å². The second kappa shape index (κ2) is 11.0. The molecule has 1 aliphatic rings. The van der Waals surface area contributed by atoms with E-state index in [9.17, 15) is 22.0 Å². The lowest BCUT2D eigenvalue weighted by Gasteiger charge is -2.33. The van der Waals surface area contributed by atoms with E-state index in [2.05, 4.69) is 20.2 Å². The van der Waals surface area contributed by atoms with Gasteiger partial charge in [-0.05, 0) is 61.9 Å². The van der Waals surface area contributed by atoms with Gasteiger partial charge in [-0.3, -0.25) is 9.52 Å². The first-order valence-electron chi connectivity index (χ1n) is 12.6. The summed E-state index contributed by atoms with van der Waals surface area (Å²) in [6, 6.07) is 12.5. The number of carbonyl (C=O) groups is 1. The van der Waals surface area contributed by atoms with Crippen LogP contribution in [0.2, 0.25) is 0 Å². The maximum absolute atomic E-state index is 15.0. The predicted octanol–water partition coefficient (Wildman–Crippen LogP) is 5.53. The highest BCUT2D eigenvalue weighted by Gasteiger charge is 2.30. The summed E-state index contributed by atoms with van der Waals surface area (Å²) in [7, 11) is -4.22. The second-order valence-electron chi connectivity index (χ2n) is 9.65. The van der Waals surface area contributed by atoms with Gasteiger partial charge >= 0.3 is 0 Å². The summed E-state index contributed by atoms with van der Waals surface area (Å²) in [5.74, 6) is -1.05. The molecule has 208 valence electrons. The molecular weight excluding hydrogens is 540 g/mol. The molecule has 9 nitrogen and oxygen atoms in total. The molecule has 0 spiro atoms. The molecule has 12 heteroatoms. The number of nitrogens with one attached hydrogen (secondary N) is 2. The average molecular weight is 568 g/mol. The van der Waals surface area contributed by atoms with Gasteiger partial charge in [0.15, 0.2) is 10.8 Å². The molecule has 0 radical (unpaired) electrons. The lowest BCUT2D eigenvalue weighted by molar-refractivity contribution is 0.0713. The number of carbonyl (C=O) groups excluding carboxylic acids is 1. The SMILES string of the molecule is Cc1cccc(Nc2c(C(=O)N3CCC(c4ccc(F)cc4)CC3)cnc(S(=O)(=O)Nc3ccon3)c2C)c1F. The van der Waals surface area contributed by atoms with E-state index in [1.54, 1.807) is 36.1 Å². The minimum atomic E-state index is -4.22. The van der Waals surface area contributed by atoms with E-state index in [-0.39, 0.29) is 51.0 Å². The fourth-order valence-corrected chi connectivity index (χ4v) is 6.01. The Morgan fingerprint density at radius 1 is 1.05 bits per heavy atom. The Hall–Kier alpha value is -4.32. The Kier molecular flexibility index (Phi) is 7.53. The van der Waals surface area contributed by atoms with E-state index >= 15 is 0 Å². The Balaban J connectivity index is 1.47. The fraction of sp³-hybridized carbons (Fsp3) is 0.250. The van der Waals surface area contributed by atoms with Crippen molar-refractivity contribution in [3.05, 3.63) is 94.9 Å². The number of halogens is 2. The summed E-state index contributed by atoms with van der Waals surface area (Å²) < 4.78 is 61.6. The summed E-state index contributed by atoms with van der Waals surface area (Å²) in [5.41, 5.74) is 1.85. The number of likely N-dealkylation sites (tertiary alicyclic amines) is 1. The van der Waals surface area contributed by atoms with Gasteiger partial charge in [0.25, 0.3) is 15.9 Å². The van der Waals surface area contributed by atoms with Crippen LogP contribution in [-0.2, 0) is 10.0 Å². The number of piperidine rings is 1. The molecule has 0 bridgehead atoms. The normalized spacial score (nSPS) is 14.2. The highest BCUT2D eigenvalue weighted by atomic mass is 32.2. The van der Waals surface area contributed by atoms with E-state index in [0.717, 1.165) is 5.56 Å². The van der Waals surface area contributed by atoms with Gasteiger partial charge in [0.05, 0.1) is 16.9 Å². The van der Waals surface area contributed by atoms with Gasteiger partial charge < -0.3 is 14.7 Å². The molecule has 1 aliphatic heterocycles. The maximum atomic E-state index is 15.0. The molecule has 3 heterocycles. The number of nitrogens with zero attached hydrogens (tertiary/aromatic N) is 3. The smallest absolute Gasteiger partial charge is 0.280 e. The summed E-state index contributed by atoms with van der Waals surface area (Å²) in [4.78, 5) is 19.5. The van der Waals surface area contributed by atoms with E-state index in [4.69, 9.17) is 4.52 Å². The molecule has 2 N–H and O–H groups in total. The van der Waals surface area contributed by atoms with Crippen LogP contribution in [0.4, 0.5) is 26.0 Å². The second-order valence-corrected chi connectivity index (χ2v) is 11.2. The molecule has 0 saturated carbocycles. The maximum Gasteiger partial charge on any atom is 0.280 e.